The first-order valence-electron chi connectivity index (χ1n) is 8.68. The molecule has 0 radical (unpaired) electrons. The number of hydrogen-bond acceptors (Lipinski definition) is 2. The zero-order chi connectivity index (χ0) is 16.5. The molecule has 4 heteroatoms. The second-order valence-electron chi connectivity index (χ2n) is 6.59. The summed E-state index contributed by atoms with van der Waals surface area (Å²) in [4.78, 5) is 23.1. The summed E-state index contributed by atoms with van der Waals surface area (Å²) >= 11 is 0. The van der Waals surface area contributed by atoms with Gasteiger partial charge < -0.3 is 10.4 Å². The SMILES string of the molecule is O=C(O)CCC(Cc1ccccc1)NC(=O)CC1CCCCC1. The van der Waals surface area contributed by atoms with Crippen LogP contribution in [0.2, 0.25) is 0 Å². The lowest BCUT2D eigenvalue weighted by Crippen LogP contribution is -2.37. The molecule has 2 rings (SSSR count). The molecule has 23 heavy (non-hydrogen) atoms. The number of rotatable bonds is 8. The van der Waals surface area contributed by atoms with Gasteiger partial charge in [0.1, 0.15) is 0 Å². The maximum atomic E-state index is 12.3. The second kappa shape index (κ2) is 9.33. The number of carbonyl (C=O) groups excluding carboxylic acids is 1. The van der Waals surface area contributed by atoms with Gasteiger partial charge in [0.2, 0.25) is 5.91 Å². The molecule has 1 saturated carbocycles. The van der Waals surface area contributed by atoms with Crippen molar-refractivity contribution in [3.05, 3.63) is 35.9 Å². The monoisotopic (exact) mass is 317 g/mol. The van der Waals surface area contributed by atoms with Crippen molar-refractivity contribution < 1.29 is 14.7 Å². The van der Waals surface area contributed by atoms with Crippen LogP contribution >= 0.6 is 0 Å². The Morgan fingerprint density at radius 1 is 1.13 bits per heavy atom. The van der Waals surface area contributed by atoms with E-state index in [2.05, 4.69) is 5.32 Å². The number of hydrogen-bond donors (Lipinski definition) is 2. The van der Waals surface area contributed by atoms with Gasteiger partial charge in [0.25, 0.3) is 0 Å². The Hall–Kier alpha value is -1.84. The minimum absolute atomic E-state index is 0.0724. The Morgan fingerprint density at radius 2 is 1.83 bits per heavy atom. The predicted octanol–water partition coefficient (Wildman–Crippen LogP) is 3.55. The molecule has 1 atom stereocenters. The molecule has 1 aliphatic carbocycles. The fourth-order valence-corrected chi connectivity index (χ4v) is 3.36. The third-order valence-corrected chi connectivity index (χ3v) is 4.60. The third-order valence-electron chi connectivity index (χ3n) is 4.60. The van der Waals surface area contributed by atoms with Crippen molar-refractivity contribution in [1.82, 2.24) is 5.32 Å². The van der Waals surface area contributed by atoms with E-state index in [0.29, 0.717) is 25.2 Å². The van der Waals surface area contributed by atoms with E-state index in [1.54, 1.807) is 0 Å². The van der Waals surface area contributed by atoms with Crippen LogP contribution in [0.1, 0.15) is 56.9 Å². The van der Waals surface area contributed by atoms with Crippen molar-refractivity contribution in [2.75, 3.05) is 0 Å². The first kappa shape index (κ1) is 17.5. The zero-order valence-electron chi connectivity index (χ0n) is 13.7. The van der Waals surface area contributed by atoms with Gasteiger partial charge in [-0.1, -0.05) is 49.6 Å². The van der Waals surface area contributed by atoms with E-state index in [1.165, 1.54) is 19.3 Å². The van der Waals surface area contributed by atoms with Crippen LogP contribution in [0.4, 0.5) is 0 Å². The van der Waals surface area contributed by atoms with E-state index in [9.17, 15) is 9.59 Å². The predicted molar refractivity (Wildman–Crippen MR) is 90.1 cm³/mol. The highest BCUT2D eigenvalue weighted by Gasteiger charge is 2.20. The fourth-order valence-electron chi connectivity index (χ4n) is 3.36. The molecule has 126 valence electrons. The molecule has 1 aromatic rings. The first-order valence-corrected chi connectivity index (χ1v) is 8.68. The van der Waals surface area contributed by atoms with Gasteiger partial charge in [0.05, 0.1) is 0 Å². The number of carbonyl (C=O) groups is 2. The Kier molecular flexibility index (Phi) is 7.11. The van der Waals surface area contributed by atoms with E-state index in [1.807, 2.05) is 30.3 Å². The third kappa shape index (κ3) is 6.85. The molecule has 0 aromatic heterocycles. The number of amides is 1. The topological polar surface area (TPSA) is 66.4 Å². The molecule has 4 nitrogen and oxygen atoms in total. The molecule has 0 saturated heterocycles. The highest BCUT2D eigenvalue weighted by molar-refractivity contribution is 5.76. The van der Waals surface area contributed by atoms with Gasteiger partial charge >= 0.3 is 5.97 Å². The lowest BCUT2D eigenvalue weighted by molar-refractivity contribution is -0.137. The van der Waals surface area contributed by atoms with Crippen molar-refractivity contribution in [2.45, 2.75) is 63.8 Å². The Labute approximate surface area is 138 Å². The molecule has 1 aliphatic rings. The van der Waals surface area contributed by atoms with Crippen molar-refractivity contribution >= 4 is 11.9 Å². The van der Waals surface area contributed by atoms with Gasteiger partial charge in [0, 0.05) is 18.9 Å². The van der Waals surface area contributed by atoms with E-state index >= 15 is 0 Å². The molecular formula is C19H27NO3. The molecule has 0 bridgehead atoms. The average Bonchev–Trinajstić information content (AvgIpc) is 2.54. The minimum Gasteiger partial charge on any atom is -0.481 e. The molecule has 0 spiro atoms. The molecular weight excluding hydrogens is 290 g/mol. The van der Waals surface area contributed by atoms with Gasteiger partial charge in [-0.2, -0.15) is 0 Å². The Morgan fingerprint density at radius 3 is 2.48 bits per heavy atom. The van der Waals surface area contributed by atoms with Crippen molar-refractivity contribution in [2.24, 2.45) is 5.92 Å². The quantitative estimate of drug-likeness (QED) is 0.770. The van der Waals surface area contributed by atoms with E-state index in [0.717, 1.165) is 18.4 Å². The summed E-state index contributed by atoms with van der Waals surface area (Å²) in [5, 5.41) is 12.0. The Balaban J connectivity index is 1.87. The van der Waals surface area contributed by atoms with E-state index in [-0.39, 0.29) is 18.4 Å². The van der Waals surface area contributed by atoms with Crippen LogP contribution in [0.3, 0.4) is 0 Å². The number of benzene rings is 1. The molecule has 1 aromatic carbocycles. The minimum atomic E-state index is -0.815. The molecule has 0 heterocycles. The summed E-state index contributed by atoms with van der Waals surface area (Å²) in [6.45, 7) is 0. The number of aliphatic carboxylic acids is 1. The van der Waals surface area contributed by atoms with Crippen LogP contribution in [0.15, 0.2) is 30.3 Å². The molecule has 1 amide bonds. The number of carboxylic acid groups (broad SMARTS) is 1. The van der Waals surface area contributed by atoms with E-state index < -0.39 is 5.97 Å². The summed E-state index contributed by atoms with van der Waals surface area (Å²) in [6, 6.07) is 9.81. The van der Waals surface area contributed by atoms with Crippen LogP contribution in [0, 0.1) is 5.92 Å². The van der Waals surface area contributed by atoms with Gasteiger partial charge in [0.15, 0.2) is 0 Å². The van der Waals surface area contributed by atoms with Crippen LogP contribution in [0.25, 0.3) is 0 Å². The molecule has 1 unspecified atom stereocenters. The van der Waals surface area contributed by atoms with Gasteiger partial charge in [-0.05, 0) is 37.2 Å². The summed E-state index contributed by atoms with van der Waals surface area (Å²) in [5.41, 5.74) is 1.13. The van der Waals surface area contributed by atoms with Crippen molar-refractivity contribution in [3.63, 3.8) is 0 Å². The second-order valence-corrected chi connectivity index (χ2v) is 6.59. The average molecular weight is 317 g/mol. The summed E-state index contributed by atoms with van der Waals surface area (Å²) in [7, 11) is 0. The molecule has 2 N–H and O–H groups in total. The Bertz CT molecular complexity index is 495. The highest BCUT2D eigenvalue weighted by Crippen LogP contribution is 2.26. The molecule has 0 aliphatic heterocycles. The van der Waals surface area contributed by atoms with E-state index in [4.69, 9.17) is 5.11 Å². The lowest BCUT2D eigenvalue weighted by Gasteiger charge is -2.23. The van der Waals surface area contributed by atoms with Crippen LogP contribution < -0.4 is 5.32 Å². The first-order chi connectivity index (χ1) is 11.1. The van der Waals surface area contributed by atoms with Gasteiger partial charge in [-0.15, -0.1) is 0 Å². The maximum Gasteiger partial charge on any atom is 0.303 e. The number of carboxylic acids is 1. The van der Waals surface area contributed by atoms with Crippen molar-refractivity contribution in [1.29, 1.82) is 0 Å². The largest absolute Gasteiger partial charge is 0.481 e. The van der Waals surface area contributed by atoms with Gasteiger partial charge in [-0.3, -0.25) is 9.59 Å². The molecule has 1 fully saturated rings. The summed E-state index contributed by atoms with van der Waals surface area (Å²) in [5.74, 6) is -0.242. The zero-order valence-corrected chi connectivity index (χ0v) is 13.7. The summed E-state index contributed by atoms with van der Waals surface area (Å²) in [6.07, 6.45) is 7.85. The number of nitrogens with one attached hydrogen (secondary N) is 1. The highest BCUT2D eigenvalue weighted by atomic mass is 16.4. The van der Waals surface area contributed by atoms with Crippen LogP contribution in [0.5, 0.6) is 0 Å². The van der Waals surface area contributed by atoms with Crippen LogP contribution in [-0.2, 0) is 16.0 Å². The normalized spacial score (nSPS) is 16.7. The van der Waals surface area contributed by atoms with Crippen LogP contribution in [-0.4, -0.2) is 23.0 Å². The smallest absolute Gasteiger partial charge is 0.303 e. The summed E-state index contributed by atoms with van der Waals surface area (Å²) < 4.78 is 0. The standard InChI is InChI=1S/C19H27NO3/c21-18(14-16-9-5-2-6-10-16)20-17(11-12-19(22)23)13-15-7-3-1-4-8-15/h1,3-4,7-8,16-17H,2,5-6,9-14H2,(H,20,21)(H,22,23). The maximum absolute atomic E-state index is 12.3. The lowest BCUT2D eigenvalue weighted by atomic mass is 9.86. The van der Waals surface area contributed by atoms with Gasteiger partial charge in [-0.25, -0.2) is 0 Å². The fraction of sp³-hybridized carbons (Fsp3) is 0.579. The van der Waals surface area contributed by atoms with Crippen molar-refractivity contribution in [3.8, 4) is 0 Å².